The van der Waals surface area contributed by atoms with Crippen LogP contribution in [0.2, 0.25) is 0 Å². The van der Waals surface area contributed by atoms with Crippen LogP contribution in [0.4, 0.5) is 0 Å². The van der Waals surface area contributed by atoms with E-state index in [0.29, 0.717) is 5.41 Å². The molecule has 0 atom stereocenters. The van der Waals surface area contributed by atoms with Gasteiger partial charge in [0.25, 0.3) is 0 Å². The summed E-state index contributed by atoms with van der Waals surface area (Å²) in [7, 11) is 1.43. The molecule has 78 valence electrons. The summed E-state index contributed by atoms with van der Waals surface area (Å²) in [5.41, 5.74) is 1.78. The first-order valence-corrected chi connectivity index (χ1v) is 5.22. The molecule has 0 amide bonds. The topological polar surface area (TPSA) is 38.3 Å². The summed E-state index contributed by atoms with van der Waals surface area (Å²) in [5.74, 6) is -0.205. The molecule has 2 aliphatic rings. The molecular formula is C11H17NO2. The lowest BCUT2D eigenvalue weighted by Crippen LogP contribution is -2.42. The summed E-state index contributed by atoms with van der Waals surface area (Å²) in [6.45, 7) is 2.26. The van der Waals surface area contributed by atoms with Crippen LogP contribution in [0.25, 0.3) is 0 Å². The van der Waals surface area contributed by atoms with E-state index in [0.717, 1.165) is 25.9 Å². The maximum Gasteiger partial charge on any atom is 0.330 e. The van der Waals surface area contributed by atoms with Gasteiger partial charge in [0.15, 0.2) is 0 Å². The van der Waals surface area contributed by atoms with Crippen molar-refractivity contribution in [1.82, 2.24) is 5.32 Å². The highest BCUT2D eigenvalue weighted by Crippen LogP contribution is 2.51. The van der Waals surface area contributed by atoms with Gasteiger partial charge < -0.3 is 10.1 Å². The normalized spacial score (nSPS) is 24.2. The van der Waals surface area contributed by atoms with Gasteiger partial charge in [-0.3, -0.25) is 0 Å². The number of carbonyl (C=O) groups excluding carboxylic acids is 1. The number of ether oxygens (including phenoxy) is 1. The number of methoxy groups -OCH3 is 1. The first kappa shape index (κ1) is 9.71. The molecule has 3 nitrogen and oxygen atoms in total. The van der Waals surface area contributed by atoms with Gasteiger partial charge in [-0.1, -0.05) is 5.57 Å². The Kier molecular flexibility index (Phi) is 2.59. The molecule has 1 saturated carbocycles. The highest BCUT2D eigenvalue weighted by atomic mass is 16.5. The Hall–Kier alpha value is -0.830. The van der Waals surface area contributed by atoms with Crippen molar-refractivity contribution >= 4 is 5.97 Å². The number of nitrogens with one attached hydrogen (secondary N) is 1. The predicted molar refractivity (Wildman–Crippen MR) is 53.9 cm³/mol. The molecule has 2 rings (SSSR count). The third-order valence-electron chi connectivity index (χ3n) is 3.39. The maximum absolute atomic E-state index is 11.0. The highest BCUT2D eigenvalue weighted by molar-refractivity contribution is 5.83. The minimum absolute atomic E-state index is 0.205. The minimum atomic E-state index is -0.205. The number of piperidine rings is 1. The van der Waals surface area contributed by atoms with Gasteiger partial charge >= 0.3 is 5.97 Å². The van der Waals surface area contributed by atoms with Crippen molar-refractivity contribution in [3.05, 3.63) is 11.6 Å². The summed E-state index contributed by atoms with van der Waals surface area (Å²) in [6, 6.07) is 0. The molecule has 3 heteroatoms. The van der Waals surface area contributed by atoms with Crippen LogP contribution in [0.3, 0.4) is 0 Å². The Bertz CT molecular complexity index is 254. The molecule has 2 fully saturated rings. The van der Waals surface area contributed by atoms with Crippen LogP contribution < -0.4 is 5.32 Å². The SMILES string of the molecule is COC(=O)C=C1CC2(CCNCC2)C1. The largest absolute Gasteiger partial charge is 0.466 e. The molecule has 0 bridgehead atoms. The first-order chi connectivity index (χ1) is 6.74. The average molecular weight is 195 g/mol. The van der Waals surface area contributed by atoms with Crippen LogP contribution in [-0.4, -0.2) is 26.2 Å². The van der Waals surface area contributed by atoms with Crippen molar-refractivity contribution in [3.63, 3.8) is 0 Å². The molecule has 0 aromatic rings. The number of carbonyl (C=O) groups is 1. The second-order valence-corrected chi connectivity index (χ2v) is 4.43. The lowest BCUT2D eigenvalue weighted by Gasteiger charge is -2.47. The fourth-order valence-corrected chi connectivity index (χ4v) is 2.55. The highest BCUT2D eigenvalue weighted by Gasteiger charge is 2.41. The van der Waals surface area contributed by atoms with E-state index in [9.17, 15) is 4.79 Å². The van der Waals surface area contributed by atoms with Crippen LogP contribution in [-0.2, 0) is 9.53 Å². The van der Waals surface area contributed by atoms with Gasteiger partial charge in [-0.25, -0.2) is 4.79 Å². The molecule has 14 heavy (non-hydrogen) atoms. The number of esters is 1. The number of rotatable bonds is 1. The van der Waals surface area contributed by atoms with E-state index in [2.05, 4.69) is 10.1 Å². The Balaban J connectivity index is 1.88. The minimum Gasteiger partial charge on any atom is -0.466 e. The Morgan fingerprint density at radius 3 is 2.64 bits per heavy atom. The van der Waals surface area contributed by atoms with Crippen molar-refractivity contribution in [3.8, 4) is 0 Å². The van der Waals surface area contributed by atoms with E-state index in [-0.39, 0.29) is 5.97 Å². The van der Waals surface area contributed by atoms with E-state index >= 15 is 0 Å². The third kappa shape index (κ3) is 1.82. The van der Waals surface area contributed by atoms with Crippen molar-refractivity contribution in [2.24, 2.45) is 5.41 Å². The van der Waals surface area contributed by atoms with Gasteiger partial charge in [-0.2, -0.15) is 0 Å². The zero-order valence-electron chi connectivity index (χ0n) is 8.64. The number of hydrogen-bond acceptors (Lipinski definition) is 3. The lowest BCUT2D eigenvalue weighted by molar-refractivity contribution is -0.135. The zero-order chi connectivity index (χ0) is 10.0. The Labute approximate surface area is 84.5 Å². The molecule has 1 aliphatic heterocycles. The fraction of sp³-hybridized carbons (Fsp3) is 0.727. The quantitative estimate of drug-likeness (QED) is 0.505. The van der Waals surface area contributed by atoms with Crippen molar-refractivity contribution in [1.29, 1.82) is 0 Å². The van der Waals surface area contributed by atoms with Gasteiger partial charge in [0.2, 0.25) is 0 Å². The Morgan fingerprint density at radius 2 is 2.07 bits per heavy atom. The van der Waals surface area contributed by atoms with Crippen LogP contribution in [0.5, 0.6) is 0 Å². The molecule has 1 aliphatic carbocycles. The molecule has 0 aromatic heterocycles. The van der Waals surface area contributed by atoms with Crippen LogP contribution >= 0.6 is 0 Å². The van der Waals surface area contributed by atoms with Crippen LogP contribution in [0.1, 0.15) is 25.7 Å². The monoisotopic (exact) mass is 195 g/mol. The van der Waals surface area contributed by atoms with Crippen molar-refractivity contribution in [2.45, 2.75) is 25.7 Å². The van der Waals surface area contributed by atoms with Gasteiger partial charge in [-0.05, 0) is 44.2 Å². The number of hydrogen-bond donors (Lipinski definition) is 1. The van der Waals surface area contributed by atoms with Gasteiger partial charge in [-0.15, -0.1) is 0 Å². The molecular weight excluding hydrogens is 178 g/mol. The van der Waals surface area contributed by atoms with Gasteiger partial charge in [0.1, 0.15) is 0 Å². The molecule has 1 spiro atoms. The van der Waals surface area contributed by atoms with E-state index in [4.69, 9.17) is 0 Å². The standard InChI is InChI=1S/C11H17NO2/c1-14-10(13)6-9-7-11(8-9)2-4-12-5-3-11/h6,12H,2-5,7-8H2,1H3. The Morgan fingerprint density at radius 1 is 1.43 bits per heavy atom. The summed E-state index contributed by atoms with van der Waals surface area (Å²) in [4.78, 5) is 11.0. The van der Waals surface area contributed by atoms with E-state index in [1.165, 1.54) is 25.5 Å². The fourth-order valence-electron chi connectivity index (χ4n) is 2.55. The van der Waals surface area contributed by atoms with Crippen molar-refractivity contribution in [2.75, 3.05) is 20.2 Å². The third-order valence-corrected chi connectivity index (χ3v) is 3.39. The van der Waals surface area contributed by atoms with E-state index in [1.807, 2.05) is 0 Å². The van der Waals surface area contributed by atoms with Crippen molar-refractivity contribution < 1.29 is 9.53 Å². The lowest BCUT2D eigenvalue weighted by atomic mass is 9.60. The first-order valence-electron chi connectivity index (χ1n) is 5.22. The summed E-state index contributed by atoms with van der Waals surface area (Å²) >= 11 is 0. The zero-order valence-corrected chi connectivity index (χ0v) is 8.64. The number of allylic oxidation sites excluding steroid dienone is 1. The molecule has 1 saturated heterocycles. The molecule has 0 radical (unpaired) electrons. The van der Waals surface area contributed by atoms with E-state index < -0.39 is 0 Å². The van der Waals surface area contributed by atoms with Crippen LogP contribution in [0.15, 0.2) is 11.6 Å². The molecule has 0 aromatic carbocycles. The van der Waals surface area contributed by atoms with E-state index in [1.54, 1.807) is 6.08 Å². The second-order valence-electron chi connectivity index (χ2n) is 4.43. The maximum atomic E-state index is 11.0. The molecule has 1 heterocycles. The molecule has 1 N–H and O–H groups in total. The summed E-state index contributed by atoms with van der Waals surface area (Å²) in [6.07, 6.45) is 6.37. The average Bonchev–Trinajstić information content (AvgIpc) is 2.17. The van der Waals surface area contributed by atoms with Gasteiger partial charge in [0, 0.05) is 6.08 Å². The van der Waals surface area contributed by atoms with Gasteiger partial charge in [0.05, 0.1) is 7.11 Å². The molecule has 0 unspecified atom stereocenters. The smallest absolute Gasteiger partial charge is 0.330 e. The summed E-state index contributed by atoms with van der Waals surface area (Å²) < 4.78 is 4.60. The predicted octanol–water partition coefficient (Wildman–Crippen LogP) is 1.25. The second kappa shape index (κ2) is 3.73. The van der Waals surface area contributed by atoms with Crippen LogP contribution in [0, 0.1) is 5.41 Å². The summed E-state index contributed by atoms with van der Waals surface area (Å²) in [5, 5.41) is 3.36.